The maximum absolute atomic E-state index is 12.7. The Morgan fingerprint density at radius 3 is 2.17 bits per heavy atom. The van der Waals surface area contributed by atoms with Crippen LogP contribution in [0.5, 0.6) is 17.2 Å². The van der Waals surface area contributed by atoms with Crippen molar-refractivity contribution in [2.75, 3.05) is 31.4 Å². The second kappa shape index (κ2) is 10.7. The number of nitrogens with zero attached hydrogens (tertiary/aromatic N) is 1. The fraction of sp³-hybridized carbons (Fsp3) is 0.120. The number of carbonyl (C=O) groups is 1. The summed E-state index contributed by atoms with van der Waals surface area (Å²) in [6.07, 6.45) is 0. The first-order valence-electron chi connectivity index (χ1n) is 10.6. The number of hydrogen-bond donors (Lipinski definition) is 2. The van der Waals surface area contributed by atoms with Crippen molar-refractivity contribution in [2.45, 2.75) is 4.90 Å². The van der Waals surface area contributed by atoms with Crippen molar-refractivity contribution in [3.63, 3.8) is 0 Å². The molecule has 3 aromatic carbocycles. The van der Waals surface area contributed by atoms with Gasteiger partial charge in [-0.2, -0.15) is 0 Å². The molecule has 36 heavy (non-hydrogen) atoms. The van der Waals surface area contributed by atoms with E-state index in [-0.39, 0.29) is 10.8 Å². The number of thiazole rings is 1. The average Bonchev–Trinajstić information content (AvgIpc) is 3.36. The van der Waals surface area contributed by atoms with Gasteiger partial charge in [0.2, 0.25) is 0 Å². The van der Waals surface area contributed by atoms with Crippen LogP contribution in [-0.4, -0.2) is 40.6 Å². The van der Waals surface area contributed by atoms with Crippen LogP contribution in [-0.2, 0) is 10.0 Å². The van der Waals surface area contributed by atoms with Crippen molar-refractivity contribution in [3.05, 3.63) is 77.7 Å². The highest BCUT2D eigenvalue weighted by molar-refractivity contribution is 7.92. The van der Waals surface area contributed by atoms with E-state index in [1.807, 2.05) is 11.4 Å². The average molecular weight is 526 g/mol. The third-order valence-electron chi connectivity index (χ3n) is 5.18. The van der Waals surface area contributed by atoms with Crippen molar-refractivity contribution >= 4 is 38.1 Å². The molecule has 11 heteroatoms. The summed E-state index contributed by atoms with van der Waals surface area (Å²) in [7, 11) is 0.859. The molecule has 2 N–H and O–H groups in total. The van der Waals surface area contributed by atoms with Crippen LogP contribution >= 0.6 is 11.3 Å². The number of rotatable bonds is 9. The predicted octanol–water partition coefficient (Wildman–Crippen LogP) is 4.89. The van der Waals surface area contributed by atoms with Gasteiger partial charge in [0.15, 0.2) is 5.13 Å². The molecule has 4 aromatic rings. The fourth-order valence-corrected chi connectivity index (χ4v) is 5.06. The van der Waals surface area contributed by atoms with Crippen LogP contribution in [0.15, 0.2) is 77.0 Å². The lowest BCUT2D eigenvalue weighted by molar-refractivity contribution is 0.102. The minimum atomic E-state index is -3.79. The number of ether oxygens (including phenoxy) is 3. The van der Waals surface area contributed by atoms with E-state index in [0.29, 0.717) is 39.3 Å². The van der Waals surface area contributed by atoms with Gasteiger partial charge >= 0.3 is 0 Å². The van der Waals surface area contributed by atoms with E-state index in [9.17, 15) is 13.2 Å². The molecule has 0 saturated heterocycles. The summed E-state index contributed by atoms with van der Waals surface area (Å²) in [6, 6.07) is 17.5. The fourth-order valence-electron chi connectivity index (χ4n) is 3.29. The molecule has 0 aliphatic heterocycles. The SMILES string of the molecule is COc1ccc(S(=O)(=O)Nc2ccc(C(=O)Nc3nc(-c4ccc(OC)cc4OC)cs3)cc2)cc1. The molecule has 186 valence electrons. The summed E-state index contributed by atoms with van der Waals surface area (Å²) in [5.74, 6) is 1.45. The summed E-state index contributed by atoms with van der Waals surface area (Å²) in [6.45, 7) is 0. The quantitative estimate of drug-likeness (QED) is 0.320. The van der Waals surface area contributed by atoms with Crippen LogP contribution in [0.3, 0.4) is 0 Å². The van der Waals surface area contributed by atoms with Crippen LogP contribution in [0.25, 0.3) is 11.3 Å². The number of nitrogens with one attached hydrogen (secondary N) is 2. The largest absolute Gasteiger partial charge is 0.497 e. The molecule has 0 aliphatic carbocycles. The van der Waals surface area contributed by atoms with E-state index < -0.39 is 10.0 Å². The molecule has 1 aromatic heterocycles. The molecule has 0 radical (unpaired) electrons. The van der Waals surface area contributed by atoms with Gasteiger partial charge in [0, 0.05) is 28.3 Å². The normalized spacial score (nSPS) is 11.0. The van der Waals surface area contributed by atoms with Gasteiger partial charge in [-0.05, 0) is 60.7 Å². The maximum Gasteiger partial charge on any atom is 0.261 e. The Morgan fingerprint density at radius 2 is 1.53 bits per heavy atom. The summed E-state index contributed by atoms with van der Waals surface area (Å²) >= 11 is 1.28. The van der Waals surface area contributed by atoms with E-state index >= 15 is 0 Å². The molecular weight excluding hydrogens is 502 g/mol. The number of amides is 1. The van der Waals surface area contributed by atoms with Crippen molar-refractivity contribution in [3.8, 4) is 28.5 Å². The zero-order chi connectivity index (χ0) is 25.7. The minimum absolute atomic E-state index is 0.0955. The molecule has 1 heterocycles. The van der Waals surface area contributed by atoms with Gasteiger partial charge < -0.3 is 14.2 Å². The topological polar surface area (TPSA) is 116 Å². The Labute approximate surface area is 212 Å². The Hall–Kier alpha value is -4.09. The molecule has 0 aliphatic rings. The molecule has 4 rings (SSSR count). The summed E-state index contributed by atoms with van der Waals surface area (Å²) in [5, 5.41) is 5.00. The summed E-state index contributed by atoms with van der Waals surface area (Å²) < 4.78 is 43.4. The Bertz CT molecular complexity index is 1470. The van der Waals surface area contributed by atoms with Crippen LogP contribution in [0, 0.1) is 0 Å². The van der Waals surface area contributed by atoms with Crippen molar-refractivity contribution in [1.29, 1.82) is 0 Å². The van der Waals surface area contributed by atoms with Gasteiger partial charge in [0.25, 0.3) is 15.9 Å². The van der Waals surface area contributed by atoms with Gasteiger partial charge in [-0.25, -0.2) is 13.4 Å². The smallest absolute Gasteiger partial charge is 0.261 e. The Kier molecular flexibility index (Phi) is 7.41. The lowest BCUT2D eigenvalue weighted by atomic mass is 10.1. The number of carbonyl (C=O) groups excluding carboxylic acids is 1. The second-order valence-electron chi connectivity index (χ2n) is 7.42. The zero-order valence-corrected chi connectivity index (χ0v) is 21.3. The molecule has 0 saturated carbocycles. The molecular formula is C25H23N3O6S2. The second-order valence-corrected chi connectivity index (χ2v) is 9.96. The monoisotopic (exact) mass is 525 g/mol. The lowest BCUT2D eigenvalue weighted by Crippen LogP contribution is -2.14. The van der Waals surface area contributed by atoms with E-state index in [4.69, 9.17) is 14.2 Å². The summed E-state index contributed by atoms with van der Waals surface area (Å²) in [4.78, 5) is 17.3. The first-order chi connectivity index (χ1) is 17.3. The third-order valence-corrected chi connectivity index (χ3v) is 7.33. The van der Waals surface area contributed by atoms with Gasteiger partial charge in [0.1, 0.15) is 17.2 Å². The lowest BCUT2D eigenvalue weighted by Gasteiger charge is -2.09. The molecule has 9 nitrogen and oxygen atoms in total. The highest BCUT2D eigenvalue weighted by Gasteiger charge is 2.16. The highest BCUT2D eigenvalue weighted by Crippen LogP contribution is 2.35. The number of anilines is 2. The molecule has 0 fully saturated rings. The third kappa shape index (κ3) is 5.58. The van der Waals surface area contributed by atoms with Crippen LogP contribution in [0.2, 0.25) is 0 Å². The van der Waals surface area contributed by atoms with Gasteiger partial charge in [-0.1, -0.05) is 0 Å². The Morgan fingerprint density at radius 1 is 0.861 bits per heavy atom. The van der Waals surface area contributed by atoms with E-state index in [1.54, 1.807) is 38.5 Å². The highest BCUT2D eigenvalue weighted by atomic mass is 32.2. The van der Waals surface area contributed by atoms with E-state index in [2.05, 4.69) is 15.0 Å². The van der Waals surface area contributed by atoms with Gasteiger partial charge in [-0.15, -0.1) is 11.3 Å². The van der Waals surface area contributed by atoms with Gasteiger partial charge in [-0.3, -0.25) is 14.8 Å². The predicted molar refractivity (Wildman–Crippen MR) is 139 cm³/mol. The number of sulfonamides is 1. The summed E-state index contributed by atoms with van der Waals surface area (Å²) in [5.41, 5.74) is 2.09. The molecule has 0 spiro atoms. The van der Waals surface area contributed by atoms with Crippen LogP contribution in [0.4, 0.5) is 10.8 Å². The Balaban J connectivity index is 1.43. The molecule has 0 unspecified atom stereocenters. The number of methoxy groups -OCH3 is 3. The van der Waals surface area contributed by atoms with Crippen molar-refractivity contribution in [1.82, 2.24) is 4.98 Å². The first-order valence-corrected chi connectivity index (χ1v) is 13.0. The van der Waals surface area contributed by atoms with Crippen LogP contribution in [0.1, 0.15) is 10.4 Å². The van der Waals surface area contributed by atoms with Crippen LogP contribution < -0.4 is 24.2 Å². The maximum atomic E-state index is 12.7. The van der Waals surface area contributed by atoms with Gasteiger partial charge in [0.05, 0.1) is 31.9 Å². The standard InChI is InChI=1S/C25H23N3O6S2/c1-32-18-8-11-20(12-9-18)36(30,31)28-17-6-4-16(5-7-17)24(29)27-25-26-22(15-35-25)21-13-10-19(33-2)14-23(21)34-3/h4-15,28H,1-3H3,(H,26,27,29). The van der Waals surface area contributed by atoms with E-state index in [0.717, 1.165) is 5.56 Å². The number of benzene rings is 3. The minimum Gasteiger partial charge on any atom is -0.497 e. The van der Waals surface area contributed by atoms with Crippen molar-refractivity contribution < 1.29 is 27.4 Å². The molecule has 1 amide bonds. The van der Waals surface area contributed by atoms with Crippen molar-refractivity contribution in [2.24, 2.45) is 0 Å². The number of aromatic nitrogens is 1. The number of hydrogen-bond acceptors (Lipinski definition) is 8. The molecule has 0 bridgehead atoms. The zero-order valence-electron chi connectivity index (χ0n) is 19.6. The molecule has 0 atom stereocenters. The van der Waals surface area contributed by atoms with E-state index in [1.165, 1.54) is 54.8 Å². The first kappa shape index (κ1) is 25.0.